The molecule has 0 aliphatic carbocycles. The van der Waals surface area contributed by atoms with Gasteiger partial charge in [-0.1, -0.05) is 0 Å². The number of aromatic amines is 1. The number of H-pyrrole nitrogens is 1. The first-order valence-electron chi connectivity index (χ1n) is 3.64. The van der Waals surface area contributed by atoms with Gasteiger partial charge in [-0.15, -0.1) is 0 Å². The van der Waals surface area contributed by atoms with Crippen LogP contribution in [0.25, 0.3) is 11.1 Å². The Hall–Kier alpha value is -1.16. The summed E-state index contributed by atoms with van der Waals surface area (Å²) < 4.78 is 5.80. The van der Waals surface area contributed by atoms with Crippen molar-refractivity contribution >= 4 is 23.3 Å². The SMILES string of the molecule is Cc1cc2c(C)[nH]c(=S)nc2o1. The monoisotopic (exact) mass is 180 g/mol. The van der Waals surface area contributed by atoms with Crippen molar-refractivity contribution < 1.29 is 4.42 Å². The molecule has 2 rings (SSSR count). The Kier molecular flexibility index (Phi) is 1.51. The van der Waals surface area contributed by atoms with Gasteiger partial charge in [0.05, 0.1) is 5.39 Å². The van der Waals surface area contributed by atoms with Crippen molar-refractivity contribution in [2.24, 2.45) is 0 Å². The summed E-state index contributed by atoms with van der Waals surface area (Å²) in [4.78, 5) is 7.02. The van der Waals surface area contributed by atoms with E-state index in [1.54, 1.807) is 0 Å². The van der Waals surface area contributed by atoms with Gasteiger partial charge in [0.25, 0.3) is 0 Å². The highest BCUT2D eigenvalue weighted by atomic mass is 32.1. The lowest BCUT2D eigenvalue weighted by atomic mass is 10.3. The molecule has 2 aromatic heterocycles. The van der Waals surface area contributed by atoms with Crippen LogP contribution in [0.4, 0.5) is 0 Å². The Bertz CT molecular complexity index is 483. The van der Waals surface area contributed by atoms with Crippen LogP contribution in [-0.4, -0.2) is 9.97 Å². The van der Waals surface area contributed by atoms with E-state index >= 15 is 0 Å². The molecule has 2 heterocycles. The van der Waals surface area contributed by atoms with Gasteiger partial charge >= 0.3 is 0 Å². The maximum atomic E-state index is 5.33. The lowest BCUT2D eigenvalue weighted by Gasteiger charge is -1.92. The molecule has 62 valence electrons. The third kappa shape index (κ3) is 1.04. The molecule has 0 amide bonds. The predicted octanol–water partition coefficient (Wildman–Crippen LogP) is 2.50. The molecule has 0 unspecified atom stereocenters. The second-order valence-electron chi connectivity index (χ2n) is 2.74. The number of hydrogen-bond acceptors (Lipinski definition) is 3. The number of fused-ring (bicyclic) bond motifs is 1. The lowest BCUT2D eigenvalue weighted by Crippen LogP contribution is -1.85. The van der Waals surface area contributed by atoms with Gasteiger partial charge in [0.2, 0.25) is 5.71 Å². The molecule has 0 saturated carbocycles. The molecule has 0 aromatic carbocycles. The number of nitrogens with zero attached hydrogens (tertiary/aromatic N) is 1. The first-order valence-corrected chi connectivity index (χ1v) is 4.05. The number of aryl methyl sites for hydroxylation is 2. The summed E-state index contributed by atoms with van der Waals surface area (Å²) in [6.45, 7) is 3.85. The van der Waals surface area contributed by atoms with Crippen LogP contribution in [0.5, 0.6) is 0 Å². The van der Waals surface area contributed by atoms with E-state index in [1.165, 1.54) is 0 Å². The van der Waals surface area contributed by atoms with Crippen molar-refractivity contribution in [3.63, 3.8) is 0 Å². The summed E-state index contributed by atoms with van der Waals surface area (Å²) in [6, 6.07) is 1.95. The zero-order valence-electron chi connectivity index (χ0n) is 6.84. The molecular formula is C8H8N2OS. The largest absolute Gasteiger partial charge is 0.443 e. The summed E-state index contributed by atoms with van der Waals surface area (Å²) in [5.41, 5.74) is 1.62. The molecule has 0 atom stereocenters. The molecule has 0 radical (unpaired) electrons. The van der Waals surface area contributed by atoms with Gasteiger partial charge in [-0.3, -0.25) is 0 Å². The first kappa shape index (κ1) is 7.49. The number of aromatic nitrogens is 2. The van der Waals surface area contributed by atoms with Gasteiger partial charge in [0.15, 0.2) is 4.77 Å². The van der Waals surface area contributed by atoms with Crippen molar-refractivity contribution in [3.8, 4) is 0 Å². The summed E-state index contributed by atoms with van der Waals surface area (Å²) in [5, 5.41) is 1.00. The zero-order chi connectivity index (χ0) is 8.72. The van der Waals surface area contributed by atoms with Crippen molar-refractivity contribution in [2.75, 3.05) is 0 Å². The van der Waals surface area contributed by atoms with Gasteiger partial charge < -0.3 is 9.40 Å². The average molecular weight is 180 g/mol. The fourth-order valence-corrected chi connectivity index (χ4v) is 1.44. The number of nitrogens with one attached hydrogen (secondary N) is 1. The average Bonchev–Trinajstić information content (AvgIpc) is 2.29. The van der Waals surface area contributed by atoms with Gasteiger partial charge in [-0.05, 0) is 32.1 Å². The van der Waals surface area contributed by atoms with Crippen LogP contribution in [0.1, 0.15) is 11.5 Å². The minimum Gasteiger partial charge on any atom is -0.443 e. The van der Waals surface area contributed by atoms with E-state index in [1.807, 2.05) is 19.9 Å². The van der Waals surface area contributed by atoms with Crippen LogP contribution in [0.15, 0.2) is 10.5 Å². The van der Waals surface area contributed by atoms with Gasteiger partial charge in [0, 0.05) is 5.69 Å². The normalized spacial score (nSPS) is 10.8. The second kappa shape index (κ2) is 2.42. The molecule has 0 spiro atoms. The lowest BCUT2D eigenvalue weighted by molar-refractivity contribution is 0.566. The quantitative estimate of drug-likeness (QED) is 0.633. The Morgan fingerprint density at radius 3 is 3.00 bits per heavy atom. The smallest absolute Gasteiger partial charge is 0.230 e. The van der Waals surface area contributed by atoms with E-state index in [4.69, 9.17) is 16.6 Å². The van der Waals surface area contributed by atoms with Crippen molar-refractivity contribution in [3.05, 3.63) is 22.3 Å². The summed E-state index contributed by atoms with van der Waals surface area (Å²) >= 11 is 4.91. The Balaban J connectivity index is 2.97. The molecular weight excluding hydrogens is 172 g/mol. The molecule has 0 fully saturated rings. The van der Waals surface area contributed by atoms with Gasteiger partial charge in [0.1, 0.15) is 5.76 Å². The van der Waals surface area contributed by atoms with Crippen molar-refractivity contribution in [1.29, 1.82) is 0 Å². The van der Waals surface area contributed by atoms with Crippen LogP contribution in [0, 0.1) is 18.6 Å². The maximum Gasteiger partial charge on any atom is 0.230 e. The number of rotatable bonds is 0. The summed E-state index contributed by atoms with van der Waals surface area (Å²) in [5.74, 6) is 0.856. The molecule has 4 heteroatoms. The van der Waals surface area contributed by atoms with Crippen LogP contribution in [0.3, 0.4) is 0 Å². The Labute approximate surface area is 74.4 Å². The highest BCUT2D eigenvalue weighted by molar-refractivity contribution is 7.71. The van der Waals surface area contributed by atoms with E-state index in [0.717, 1.165) is 16.8 Å². The number of furan rings is 1. The Morgan fingerprint density at radius 1 is 1.50 bits per heavy atom. The van der Waals surface area contributed by atoms with Crippen LogP contribution in [0.2, 0.25) is 0 Å². The standard InChI is InChI=1S/C8H8N2OS/c1-4-3-6-5(2)9-8(12)10-7(6)11-4/h3H,1-2H3,(H,9,10,12). The summed E-state index contributed by atoms with van der Waals surface area (Å²) in [7, 11) is 0. The first-order chi connectivity index (χ1) is 5.66. The molecule has 0 aliphatic heterocycles. The highest BCUT2D eigenvalue weighted by Gasteiger charge is 2.03. The van der Waals surface area contributed by atoms with Gasteiger partial charge in [-0.2, -0.15) is 4.98 Å². The second-order valence-corrected chi connectivity index (χ2v) is 3.13. The molecule has 12 heavy (non-hydrogen) atoms. The van der Waals surface area contributed by atoms with E-state index in [-0.39, 0.29) is 0 Å². The van der Waals surface area contributed by atoms with Crippen LogP contribution >= 0.6 is 12.2 Å². The molecule has 2 aromatic rings. The fraction of sp³-hybridized carbons (Fsp3) is 0.250. The minimum atomic E-state index is 0.467. The fourth-order valence-electron chi connectivity index (χ4n) is 1.20. The zero-order valence-corrected chi connectivity index (χ0v) is 7.66. The third-order valence-electron chi connectivity index (χ3n) is 1.74. The molecule has 3 nitrogen and oxygen atoms in total. The highest BCUT2D eigenvalue weighted by Crippen LogP contribution is 2.18. The molecule has 1 N–H and O–H groups in total. The van der Waals surface area contributed by atoms with E-state index in [2.05, 4.69) is 9.97 Å². The predicted molar refractivity (Wildman–Crippen MR) is 48.7 cm³/mol. The van der Waals surface area contributed by atoms with Crippen LogP contribution in [-0.2, 0) is 0 Å². The van der Waals surface area contributed by atoms with Crippen molar-refractivity contribution in [2.45, 2.75) is 13.8 Å². The molecule has 0 aliphatic rings. The minimum absolute atomic E-state index is 0.467. The Morgan fingerprint density at radius 2 is 2.25 bits per heavy atom. The van der Waals surface area contributed by atoms with Crippen molar-refractivity contribution in [1.82, 2.24) is 9.97 Å². The van der Waals surface area contributed by atoms with Crippen LogP contribution < -0.4 is 0 Å². The van der Waals surface area contributed by atoms with E-state index in [0.29, 0.717) is 10.5 Å². The summed E-state index contributed by atoms with van der Waals surface area (Å²) in [6.07, 6.45) is 0. The molecule has 0 bridgehead atoms. The molecule has 0 saturated heterocycles. The van der Waals surface area contributed by atoms with Gasteiger partial charge in [-0.25, -0.2) is 0 Å². The third-order valence-corrected chi connectivity index (χ3v) is 1.93. The number of hydrogen-bond donors (Lipinski definition) is 1. The van der Waals surface area contributed by atoms with E-state index in [9.17, 15) is 0 Å². The maximum absolute atomic E-state index is 5.33. The topological polar surface area (TPSA) is 41.8 Å². The van der Waals surface area contributed by atoms with E-state index < -0.39 is 0 Å².